The van der Waals surface area contributed by atoms with Crippen molar-refractivity contribution in [3.05, 3.63) is 65.2 Å². The summed E-state index contributed by atoms with van der Waals surface area (Å²) in [6.07, 6.45) is 1.82. The summed E-state index contributed by atoms with van der Waals surface area (Å²) in [7, 11) is 3.11. The standard InChI is InChI=1S/C24H32N4O3.HI/c1-17-6-10-19(11-7-17)22-20(5-4-14-31-22)16-27-23(25-2)26-15-18-8-12-21(13-9-18)28-24(29)30-3;/h6-13,20,22H,4-5,14-16H2,1-3H3,(H,28,29)(H2,25,26,27);1H. The maximum Gasteiger partial charge on any atom is 0.411 e. The highest BCUT2D eigenvalue weighted by atomic mass is 127. The molecule has 2 atom stereocenters. The molecule has 1 amide bonds. The molecule has 1 aliphatic rings. The van der Waals surface area contributed by atoms with Crippen molar-refractivity contribution in [1.29, 1.82) is 0 Å². The predicted molar refractivity (Wildman–Crippen MR) is 139 cm³/mol. The summed E-state index contributed by atoms with van der Waals surface area (Å²) in [5, 5.41) is 9.44. The zero-order valence-electron chi connectivity index (χ0n) is 18.9. The largest absolute Gasteiger partial charge is 0.453 e. The van der Waals surface area contributed by atoms with Crippen LogP contribution in [0.25, 0.3) is 0 Å². The first-order valence-corrected chi connectivity index (χ1v) is 10.7. The fourth-order valence-corrected chi connectivity index (χ4v) is 3.69. The molecule has 3 rings (SSSR count). The van der Waals surface area contributed by atoms with Crippen LogP contribution in [-0.2, 0) is 16.0 Å². The van der Waals surface area contributed by atoms with Crippen LogP contribution in [0.15, 0.2) is 53.5 Å². The zero-order chi connectivity index (χ0) is 22.1. The SMILES string of the molecule is CN=C(NCc1ccc(NC(=O)OC)cc1)NCC1CCCOC1c1ccc(C)cc1.I. The maximum absolute atomic E-state index is 11.3. The lowest BCUT2D eigenvalue weighted by molar-refractivity contribution is -0.0265. The monoisotopic (exact) mass is 552 g/mol. The Balaban J connectivity index is 0.00000363. The van der Waals surface area contributed by atoms with Crippen LogP contribution in [0.3, 0.4) is 0 Å². The van der Waals surface area contributed by atoms with Crippen molar-refractivity contribution in [2.24, 2.45) is 10.9 Å². The smallest absolute Gasteiger partial charge is 0.411 e. The van der Waals surface area contributed by atoms with Crippen molar-refractivity contribution in [2.75, 3.05) is 32.6 Å². The number of methoxy groups -OCH3 is 1. The van der Waals surface area contributed by atoms with Gasteiger partial charge in [-0.1, -0.05) is 42.0 Å². The highest BCUT2D eigenvalue weighted by Crippen LogP contribution is 2.33. The summed E-state index contributed by atoms with van der Waals surface area (Å²) in [6, 6.07) is 16.2. The van der Waals surface area contributed by atoms with Gasteiger partial charge >= 0.3 is 6.09 Å². The lowest BCUT2D eigenvalue weighted by Crippen LogP contribution is -2.41. The van der Waals surface area contributed by atoms with Gasteiger partial charge in [0.1, 0.15) is 0 Å². The number of benzene rings is 2. The fourth-order valence-electron chi connectivity index (χ4n) is 3.69. The molecule has 1 heterocycles. The minimum absolute atomic E-state index is 0. The van der Waals surface area contributed by atoms with E-state index in [4.69, 9.17) is 4.74 Å². The summed E-state index contributed by atoms with van der Waals surface area (Å²) >= 11 is 0. The van der Waals surface area contributed by atoms with Crippen LogP contribution in [0.2, 0.25) is 0 Å². The number of ether oxygens (including phenoxy) is 2. The molecule has 174 valence electrons. The molecule has 7 nitrogen and oxygen atoms in total. The Morgan fingerprint density at radius 2 is 1.84 bits per heavy atom. The van der Waals surface area contributed by atoms with Gasteiger partial charge in [-0.25, -0.2) is 4.79 Å². The zero-order valence-corrected chi connectivity index (χ0v) is 21.2. The first-order valence-electron chi connectivity index (χ1n) is 10.7. The van der Waals surface area contributed by atoms with Crippen molar-refractivity contribution < 1.29 is 14.3 Å². The Morgan fingerprint density at radius 1 is 1.12 bits per heavy atom. The van der Waals surface area contributed by atoms with E-state index in [1.54, 1.807) is 7.05 Å². The molecule has 2 aromatic carbocycles. The molecule has 3 N–H and O–H groups in total. The third-order valence-corrected chi connectivity index (χ3v) is 5.45. The van der Waals surface area contributed by atoms with Crippen LogP contribution < -0.4 is 16.0 Å². The number of guanidine groups is 1. The average Bonchev–Trinajstić information content (AvgIpc) is 2.81. The molecule has 2 aromatic rings. The third kappa shape index (κ3) is 7.67. The molecule has 0 bridgehead atoms. The maximum atomic E-state index is 11.3. The van der Waals surface area contributed by atoms with Gasteiger partial charge in [0.05, 0.1) is 13.2 Å². The van der Waals surface area contributed by atoms with Crippen LogP contribution in [0.1, 0.15) is 35.6 Å². The Bertz CT molecular complexity index is 872. The van der Waals surface area contributed by atoms with Crippen molar-refractivity contribution >= 4 is 41.7 Å². The lowest BCUT2D eigenvalue weighted by Gasteiger charge is -2.32. The van der Waals surface area contributed by atoms with Gasteiger partial charge < -0.3 is 20.1 Å². The van der Waals surface area contributed by atoms with Gasteiger partial charge in [0, 0.05) is 38.3 Å². The van der Waals surface area contributed by atoms with Crippen molar-refractivity contribution in [1.82, 2.24) is 10.6 Å². The first-order chi connectivity index (χ1) is 15.1. The van der Waals surface area contributed by atoms with Crippen molar-refractivity contribution in [3.8, 4) is 0 Å². The number of hydrogen-bond acceptors (Lipinski definition) is 4. The number of nitrogens with one attached hydrogen (secondary N) is 3. The summed E-state index contributed by atoms with van der Waals surface area (Å²) < 4.78 is 10.7. The van der Waals surface area contributed by atoms with Crippen LogP contribution in [0, 0.1) is 12.8 Å². The van der Waals surface area contributed by atoms with Gasteiger partial charge in [-0.15, -0.1) is 24.0 Å². The molecule has 0 aliphatic carbocycles. The molecule has 1 saturated heterocycles. The van der Waals surface area contributed by atoms with Gasteiger partial charge in [0.15, 0.2) is 5.96 Å². The van der Waals surface area contributed by atoms with E-state index in [1.807, 2.05) is 24.3 Å². The number of aliphatic imine (C=N–C) groups is 1. The molecule has 2 unspecified atom stereocenters. The van der Waals surface area contributed by atoms with Gasteiger partial charge in [-0.2, -0.15) is 0 Å². The second-order valence-corrected chi connectivity index (χ2v) is 7.72. The molecular formula is C24H33IN4O3. The molecular weight excluding hydrogens is 519 g/mol. The van der Waals surface area contributed by atoms with Gasteiger partial charge in [0.2, 0.25) is 0 Å². The van der Waals surface area contributed by atoms with E-state index in [-0.39, 0.29) is 30.1 Å². The number of carbonyl (C=O) groups is 1. The van der Waals surface area contributed by atoms with E-state index in [0.29, 0.717) is 18.2 Å². The first kappa shape index (κ1) is 25.9. The number of anilines is 1. The number of rotatable bonds is 6. The highest BCUT2D eigenvalue weighted by molar-refractivity contribution is 14.0. The number of halogens is 1. The van der Waals surface area contributed by atoms with E-state index in [2.05, 4.69) is 56.9 Å². The molecule has 0 saturated carbocycles. The van der Waals surface area contributed by atoms with Gasteiger partial charge in [-0.3, -0.25) is 10.3 Å². The number of nitrogens with zero attached hydrogens (tertiary/aromatic N) is 1. The Hall–Kier alpha value is -2.33. The Labute approximate surface area is 207 Å². The van der Waals surface area contributed by atoms with Crippen molar-refractivity contribution in [2.45, 2.75) is 32.4 Å². The molecule has 0 aromatic heterocycles. The summed E-state index contributed by atoms with van der Waals surface area (Å²) in [6.45, 7) is 4.33. The minimum Gasteiger partial charge on any atom is -0.453 e. The van der Waals surface area contributed by atoms with Crippen molar-refractivity contribution in [3.63, 3.8) is 0 Å². The number of carbonyl (C=O) groups excluding carboxylic acids is 1. The molecule has 0 spiro atoms. The van der Waals surface area contributed by atoms with Crippen LogP contribution in [-0.4, -0.2) is 39.4 Å². The minimum atomic E-state index is -0.480. The van der Waals surface area contributed by atoms with Gasteiger partial charge in [0.25, 0.3) is 0 Å². The summed E-state index contributed by atoms with van der Waals surface area (Å²) in [5.74, 6) is 1.14. The normalized spacial score (nSPS) is 18.3. The Morgan fingerprint density at radius 3 is 2.50 bits per heavy atom. The molecule has 1 aliphatic heterocycles. The van der Waals surface area contributed by atoms with E-state index >= 15 is 0 Å². The number of hydrogen-bond donors (Lipinski definition) is 3. The number of aryl methyl sites for hydroxylation is 1. The average molecular weight is 552 g/mol. The molecule has 32 heavy (non-hydrogen) atoms. The molecule has 8 heteroatoms. The lowest BCUT2D eigenvalue weighted by atomic mass is 9.89. The van der Waals surface area contributed by atoms with E-state index in [0.717, 1.165) is 37.5 Å². The topological polar surface area (TPSA) is 84.0 Å². The van der Waals surface area contributed by atoms with Crippen LogP contribution in [0.5, 0.6) is 0 Å². The predicted octanol–water partition coefficient (Wildman–Crippen LogP) is 4.62. The van der Waals surface area contributed by atoms with Gasteiger partial charge in [-0.05, 0) is 43.0 Å². The molecule has 1 fully saturated rings. The van der Waals surface area contributed by atoms with E-state index < -0.39 is 6.09 Å². The highest BCUT2D eigenvalue weighted by Gasteiger charge is 2.27. The Kier molecular flexibility index (Phi) is 10.8. The fraction of sp³-hybridized carbons (Fsp3) is 0.417. The van der Waals surface area contributed by atoms with Crippen LogP contribution >= 0.6 is 24.0 Å². The summed E-state index contributed by atoms with van der Waals surface area (Å²) in [5.41, 5.74) is 4.27. The quantitative estimate of drug-likeness (QED) is 0.277. The second-order valence-electron chi connectivity index (χ2n) is 7.72. The van der Waals surface area contributed by atoms with Crippen LogP contribution in [0.4, 0.5) is 10.5 Å². The number of amides is 1. The van der Waals surface area contributed by atoms with E-state index in [1.165, 1.54) is 18.2 Å². The summed E-state index contributed by atoms with van der Waals surface area (Å²) in [4.78, 5) is 15.6. The third-order valence-electron chi connectivity index (χ3n) is 5.45. The second kappa shape index (κ2) is 13.3. The van der Waals surface area contributed by atoms with E-state index in [9.17, 15) is 4.79 Å². The molecule has 0 radical (unpaired) electrons.